The summed E-state index contributed by atoms with van der Waals surface area (Å²) in [5, 5.41) is 0.629. The fourth-order valence-corrected chi connectivity index (χ4v) is 2.04. The van der Waals surface area contributed by atoms with Crippen LogP contribution in [0.3, 0.4) is 0 Å². The summed E-state index contributed by atoms with van der Waals surface area (Å²) < 4.78 is 7.06. The van der Waals surface area contributed by atoms with E-state index in [0.29, 0.717) is 10.9 Å². The highest BCUT2D eigenvalue weighted by molar-refractivity contribution is 6.30. The van der Waals surface area contributed by atoms with Crippen molar-refractivity contribution in [3.05, 3.63) is 23.6 Å². The highest BCUT2D eigenvalue weighted by Gasteiger charge is 2.14. The van der Waals surface area contributed by atoms with Crippen LogP contribution in [0.2, 0.25) is 5.15 Å². The standard InChI is InChI=1S/C10H11ClN4O/c11-8-7-9(14-3-5-16-6-4-14)13-10-12-1-2-15(8)10/h1-2,7H,3-6H2. The van der Waals surface area contributed by atoms with Crippen LogP contribution in [0, 0.1) is 0 Å². The van der Waals surface area contributed by atoms with Crippen molar-refractivity contribution in [1.82, 2.24) is 14.4 Å². The summed E-state index contributed by atoms with van der Waals surface area (Å²) in [5.74, 6) is 1.50. The van der Waals surface area contributed by atoms with E-state index < -0.39 is 0 Å². The molecule has 3 rings (SSSR count). The number of halogens is 1. The second-order valence-corrected chi connectivity index (χ2v) is 4.02. The number of ether oxygens (including phenoxy) is 1. The van der Waals surface area contributed by atoms with Crippen LogP contribution in [-0.4, -0.2) is 40.7 Å². The number of fused-ring (bicyclic) bond motifs is 1. The first-order valence-electron chi connectivity index (χ1n) is 5.17. The Bertz CT molecular complexity index is 506. The van der Waals surface area contributed by atoms with Gasteiger partial charge in [-0.15, -0.1) is 0 Å². The van der Waals surface area contributed by atoms with E-state index in [-0.39, 0.29) is 0 Å². The van der Waals surface area contributed by atoms with Gasteiger partial charge in [-0.3, -0.25) is 4.40 Å². The molecule has 6 heteroatoms. The van der Waals surface area contributed by atoms with Crippen molar-refractivity contribution in [2.45, 2.75) is 0 Å². The van der Waals surface area contributed by atoms with E-state index in [2.05, 4.69) is 14.9 Å². The first-order valence-corrected chi connectivity index (χ1v) is 5.55. The van der Waals surface area contributed by atoms with Crippen LogP contribution in [0.25, 0.3) is 5.78 Å². The summed E-state index contributed by atoms with van der Waals surface area (Å²) in [6, 6.07) is 1.86. The van der Waals surface area contributed by atoms with Crippen LogP contribution < -0.4 is 4.90 Å². The van der Waals surface area contributed by atoms with Crippen molar-refractivity contribution >= 4 is 23.2 Å². The van der Waals surface area contributed by atoms with Gasteiger partial charge < -0.3 is 9.64 Å². The van der Waals surface area contributed by atoms with E-state index in [4.69, 9.17) is 16.3 Å². The minimum atomic E-state index is 0.629. The molecule has 1 aliphatic rings. The number of imidazole rings is 1. The summed E-state index contributed by atoms with van der Waals surface area (Å²) in [6.07, 6.45) is 3.49. The number of hydrogen-bond acceptors (Lipinski definition) is 4. The summed E-state index contributed by atoms with van der Waals surface area (Å²) in [7, 11) is 0. The van der Waals surface area contributed by atoms with Gasteiger partial charge in [0.05, 0.1) is 13.2 Å². The molecule has 1 aliphatic heterocycles. The van der Waals surface area contributed by atoms with Crippen LogP contribution >= 0.6 is 11.6 Å². The molecule has 0 radical (unpaired) electrons. The van der Waals surface area contributed by atoms with E-state index in [0.717, 1.165) is 32.1 Å². The van der Waals surface area contributed by atoms with Gasteiger partial charge in [0, 0.05) is 31.5 Å². The molecule has 0 aromatic carbocycles. The molecule has 5 nitrogen and oxygen atoms in total. The lowest BCUT2D eigenvalue weighted by Gasteiger charge is -2.27. The SMILES string of the molecule is Clc1cc(N2CCOCC2)nc2nccn12. The number of aromatic nitrogens is 3. The topological polar surface area (TPSA) is 42.7 Å². The Morgan fingerprint density at radius 1 is 1.31 bits per heavy atom. The van der Waals surface area contributed by atoms with E-state index >= 15 is 0 Å². The van der Waals surface area contributed by atoms with Crippen molar-refractivity contribution in [1.29, 1.82) is 0 Å². The predicted molar refractivity (Wildman–Crippen MR) is 61.0 cm³/mol. The summed E-state index contributed by atoms with van der Waals surface area (Å²) in [4.78, 5) is 10.8. The minimum Gasteiger partial charge on any atom is -0.378 e. The zero-order chi connectivity index (χ0) is 11.0. The molecular formula is C10H11ClN4O. The largest absolute Gasteiger partial charge is 0.378 e. The number of morpholine rings is 1. The maximum absolute atomic E-state index is 6.15. The highest BCUT2D eigenvalue weighted by atomic mass is 35.5. The Balaban J connectivity index is 2.02. The molecule has 0 aliphatic carbocycles. The van der Waals surface area contributed by atoms with Crippen LogP contribution in [0.15, 0.2) is 18.5 Å². The number of anilines is 1. The molecule has 0 saturated carbocycles. The van der Waals surface area contributed by atoms with E-state index in [1.54, 1.807) is 16.8 Å². The summed E-state index contributed by atoms with van der Waals surface area (Å²) >= 11 is 6.15. The van der Waals surface area contributed by atoms with Gasteiger partial charge in [0.25, 0.3) is 0 Å². The van der Waals surface area contributed by atoms with Gasteiger partial charge in [0.15, 0.2) is 0 Å². The van der Waals surface area contributed by atoms with Crippen LogP contribution in [-0.2, 0) is 4.74 Å². The van der Waals surface area contributed by atoms with E-state index in [1.165, 1.54) is 0 Å². The van der Waals surface area contributed by atoms with Crippen molar-refractivity contribution in [2.75, 3.05) is 31.2 Å². The van der Waals surface area contributed by atoms with Gasteiger partial charge in [0.2, 0.25) is 5.78 Å². The Morgan fingerprint density at radius 2 is 2.12 bits per heavy atom. The molecule has 2 aromatic rings. The predicted octanol–water partition coefficient (Wildman–Crippen LogP) is 1.22. The van der Waals surface area contributed by atoms with Gasteiger partial charge in [-0.05, 0) is 0 Å². The molecule has 16 heavy (non-hydrogen) atoms. The fourth-order valence-electron chi connectivity index (χ4n) is 1.81. The Morgan fingerprint density at radius 3 is 2.94 bits per heavy atom. The molecule has 2 aromatic heterocycles. The second-order valence-electron chi connectivity index (χ2n) is 3.63. The Labute approximate surface area is 97.6 Å². The molecule has 0 N–H and O–H groups in total. The molecule has 0 amide bonds. The number of nitrogens with zero attached hydrogens (tertiary/aromatic N) is 4. The van der Waals surface area contributed by atoms with E-state index in [9.17, 15) is 0 Å². The van der Waals surface area contributed by atoms with Gasteiger partial charge >= 0.3 is 0 Å². The fraction of sp³-hybridized carbons (Fsp3) is 0.400. The van der Waals surface area contributed by atoms with Crippen molar-refractivity contribution in [2.24, 2.45) is 0 Å². The Hall–Kier alpha value is -1.33. The van der Waals surface area contributed by atoms with Gasteiger partial charge in [-0.2, -0.15) is 4.98 Å². The first kappa shape index (κ1) is 9.86. The quantitative estimate of drug-likeness (QED) is 0.701. The molecule has 0 spiro atoms. The first-order chi connectivity index (χ1) is 7.84. The molecule has 84 valence electrons. The second kappa shape index (κ2) is 3.92. The lowest BCUT2D eigenvalue weighted by atomic mass is 10.4. The van der Waals surface area contributed by atoms with Gasteiger partial charge in [-0.1, -0.05) is 11.6 Å². The maximum atomic E-state index is 6.15. The maximum Gasteiger partial charge on any atom is 0.236 e. The van der Waals surface area contributed by atoms with Crippen molar-refractivity contribution in [3.8, 4) is 0 Å². The third-order valence-electron chi connectivity index (χ3n) is 2.65. The number of hydrogen-bond donors (Lipinski definition) is 0. The zero-order valence-corrected chi connectivity index (χ0v) is 9.39. The summed E-state index contributed by atoms with van der Waals surface area (Å²) in [6.45, 7) is 3.16. The third-order valence-corrected chi connectivity index (χ3v) is 2.94. The summed E-state index contributed by atoms with van der Waals surface area (Å²) in [5.41, 5.74) is 0. The van der Waals surface area contributed by atoms with Gasteiger partial charge in [-0.25, -0.2) is 4.98 Å². The number of rotatable bonds is 1. The Kier molecular flexibility index (Phi) is 2.41. The smallest absolute Gasteiger partial charge is 0.236 e. The van der Waals surface area contributed by atoms with Crippen LogP contribution in [0.4, 0.5) is 5.82 Å². The lowest BCUT2D eigenvalue weighted by molar-refractivity contribution is 0.122. The zero-order valence-electron chi connectivity index (χ0n) is 8.64. The van der Waals surface area contributed by atoms with Crippen molar-refractivity contribution in [3.63, 3.8) is 0 Å². The third kappa shape index (κ3) is 1.62. The molecular weight excluding hydrogens is 228 g/mol. The molecule has 0 unspecified atom stereocenters. The molecule has 1 fully saturated rings. The molecule has 1 saturated heterocycles. The average Bonchev–Trinajstić information content (AvgIpc) is 2.79. The van der Waals surface area contributed by atoms with Gasteiger partial charge in [0.1, 0.15) is 11.0 Å². The lowest BCUT2D eigenvalue weighted by Crippen LogP contribution is -2.36. The normalized spacial score (nSPS) is 16.9. The monoisotopic (exact) mass is 238 g/mol. The van der Waals surface area contributed by atoms with Crippen LogP contribution in [0.1, 0.15) is 0 Å². The average molecular weight is 239 g/mol. The molecule has 3 heterocycles. The van der Waals surface area contributed by atoms with E-state index in [1.807, 2.05) is 6.07 Å². The van der Waals surface area contributed by atoms with Crippen molar-refractivity contribution < 1.29 is 4.74 Å². The molecule has 0 bridgehead atoms. The van der Waals surface area contributed by atoms with Crippen LogP contribution in [0.5, 0.6) is 0 Å². The molecule has 0 atom stereocenters. The highest BCUT2D eigenvalue weighted by Crippen LogP contribution is 2.19. The minimum absolute atomic E-state index is 0.629.